The van der Waals surface area contributed by atoms with Gasteiger partial charge in [0.15, 0.2) is 11.6 Å². The maximum atomic E-state index is 14.2. The predicted molar refractivity (Wildman–Crippen MR) is 94.2 cm³/mol. The van der Waals surface area contributed by atoms with Crippen LogP contribution in [-0.4, -0.2) is 23.2 Å². The van der Waals surface area contributed by atoms with Gasteiger partial charge in [-0.25, -0.2) is 4.39 Å². The summed E-state index contributed by atoms with van der Waals surface area (Å²) in [6.07, 6.45) is -0.00217. The van der Waals surface area contributed by atoms with Crippen LogP contribution in [-0.2, 0) is 9.59 Å². The zero-order valence-electron chi connectivity index (χ0n) is 14.0. The summed E-state index contributed by atoms with van der Waals surface area (Å²) in [7, 11) is 0. The summed E-state index contributed by atoms with van der Waals surface area (Å²) in [5.41, 5.74) is 1.49. The molecule has 2 aromatic carbocycles. The van der Waals surface area contributed by atoms with E-state index in [0.29, 0.717) is 5.56 Å². The van der Waals surface area contributed by atoms with Crippen LogP contribution in [0.2, 0.25) is 0 Å². The van der Waals surface area contributed by atoms with Crippen LogP contribution in [0.25, 0.3) is 0 Å². The molecule has 1 heterocycles. The molecule has 0 aliphatic carbocycles. The van der Waals surface area contributed by atoms with Gasteiger partial charge in [-0.05, 0) is 37.6 Å². The van der Waals surface area contributed by atoms with Crippen LogP contribution in [0.1, 0.15) is 17.5 Å². The Morgan fingerprint density at radius 3 is 2.56 bits per heavy atom. The number of thioether (sulfide) groups is 1. The zero-order chi connectivity index (χ0) is 18.0. The Hall–Kier alpha value is -2.34. The van der Waals surface area contributed by atoms with Crippen LogP contribution in [0, 0.1) is 19.7 Å². The molecule has 0 aromatic heterocycles. The van der Waals surface area contributed by atoms with Gasteiger partial charge in [0.25, 0.3) is 0 Å². The fraction of sp³-hybridized carbons (Fsp3) is 0.263. The largest absolute Gasteiger partial charge is 0.422 e. The van der Waals surface area contributed by atoms with E-state index in [0.717, 1.165) is 10.5 Å². The topological polar surface area (TPSA) is 55.4 Å². The molecule has 25 heavy (non-hydrogen) atoms. The van der Waals surface area contributed by atoms with Gasteiger partial charge < -0.3 is 10.1 Å². The molecule has 1 aliphatic heterocycles. The van der Waals surface area contributed by atoms with Crippen molar-refractivity contribution in [2.45, 2.75) is 29.9 Å². The highest BCUT2D eigenvalue weighted by Crippen LogP contribution is 2.39. The molecular formula is C19H18FNO3S. The Morgan fingerprint density at radius 2 is 1.92 bits per heavy atom. The first kappa shape index (κ1) is 17.5. The van der Waals surface area contributed by atoms with Gasteiger partial charge in [0.05, 0.1) is 6.42 Å². The first-order valence-corrected chi connectivity index (χ1v) is 8.71. The number of amides is 1. The van der Waals surface area contributed by atoms with E-state index in [9.17, 15) is 14.0 Å². The highest BCUT2D eigenvalue weighted by molar-refractivity contribution is 8.01. The monoisotopic (exact) mass is 359 g/mol. The van der Waals surface area contributed by atoms with Gasteiger partial charge in [0.1, 0.15) is 4.75 Å². The van der Waals surface area contributed by atoms with Crippen LogP contribution < -0.4 is 10.1 Å². The number of nitrogens with one attached hydrogen (secondary N) is 1. The van der Waals surface area contributed by atoms with E-state index in [1.807, 2.05) is 31.2 Å². The molecule has 130 valence electrons. The van der Waals surface area contributed by atoms with E-state index in [1.54, 1.807) is 19.1 Å². The molecule has 2 aromatic rings. The number of hydrogen-bond donors (Lipinski definition) is 1. The van der Waals surface area contributed by atoms with Gasteiger partial charge in [-0.1, -0.05) is 29.8 Å². The van der Waals surface area contributed by atoms with Gasteiger partial charge in [-0.3, -0.25) is 9.59 Å². The molecule has 0 saturated carbocycles. The molecule has 0 bridgehead atoms. The molecule has 1 saturated heterocycles. The van der Waals surface area contributed by atoms with E-state index in [1.165, 1.54) is 17.8 Å². The molecule has 0 spiro atoms. The molecular weight excluding hydrogens is 341 g/mol. The number of esters is 1. The van der Waals surface area contributed by atoms with Crippen molar-refractivity contribution in [3.63, 3.8) is 0 Å². The van der Waals surface area contributed by atoms with Crippen molar-refractivity contribution >= 4 is 23.6 Å². The zero-order valence-corrected chi connectivity index (χ0v) is 14.8. The van der Waals surface area contributed by atoms with E-state index in [2.05, 4.69) is 5.32 Å². The minimum atomic E-state index is -1.11. The molecule has 1 unspecified atom stereocenters. The first-order chi connectivity index (χ1) is 11.9. The lowest BCUT2D eigenvalue weighted by molar-refractivity contribution is -0.137. The number of benzene rings is 2. The third-order valence-corrected chi connectivity index (χ3v) is 5.44. The van der Waals surface area contributed by atoms with E-state index < -0.39 is 16.5 Å². The molecule has 4 nitrogen and oxygen atoms in total. The van der Waals surface area contributed by atoms with Crippen molar-refractivity contribution in [1.29, 1.82) is 0 Å². The van der Waals surface area contributed by atoms with Crippen molar-refractivity contribution < 1.29 is 18.7 Å². The minimum Gasteiger partial charge on any atom is -0.422 e. The number of rotatable bonds is 4. The third-order valence-electron chi connectivity index (χ3n) is 4.08. The van der Waals surface area contributed by atoms with Crippen molar-refractivity contribution in [1.82, 2.24) is 5.32 Å². The van der Waals surface area contributed by atoms with Crippen LogP contribution in [0.4, 0.5) is 4.39 Å². The van der Waals surface area contributed by atoms with Crippen LogP contribution in [0.3, 0.4) is 0 Å². The molecule has 1 fully saturated rings. The quantitative estimate of drug-likeness (QED) is 0.671. The summed E-state index contributed by atoms with van der Waals surface area (Å²) in [4.78, 5) is 25.4. The van der Waals surface area contributed by atoms with Gasteiger partial charge in [0.2, 0.25) is 5.91 Å². The second-order valence-electron chi connectivity index (χ2n) is 6.14. The van der Waals surface area contributed by atoms with Crippen LogP contribution in [0.5, 0.6) is 5.75 Å². The smallest absolute Gasteiger partial charge is 0.330 e. The average Bonchev–Trinajstić information content (AvgIpc) is 2.96. The molecule has 1 atom stereocenters. The Labute approximate surface area is 149 Å². The van der Waals surface area contributed by atoms with Gasteiger partial charge in [-0.15, -0.1) is 11.8 Å². The SMILES string of the molecule is Cc1ccc(SC2(C(=O)Oc3cccc(C)c3F)CNC(=O)C2)cc1. The molecule has 1 amide bonds. The molecule has 6 heteroatoms. The summed E-state index contributed by atoms with van der Waals surface area (Å²) in [6.45, 7) is 3.72. The number of halogens is 1. The molecule has 3 rings (SSSR count). The summed E-state index contributed by atoms with van der Waals surface area (Å²) in [5.74, 6) is -1.53. The number of ether oxygens (including phenoxy) is 1. The highest BCUT2D eigenvalue weighted by atomic mass is 32.2. The van der Waals surface area contributed by atoms with E-state index >= 15 is 0 Å². The number of carbonyl (C=O) groups is 2. The highest BCUT2D eigenvalue weighted by Gasteiger charge is 2.48. The second-order valence-corrected chi connectivity index (χ2v) is 7.60. The third kappa shape index (κ3) is 3.69. The normalized spacial score (nSPS) is 19.6. The fourth-order valence-electron chi connectivity index (χ4n) is 2.61. The van der Waals surface area contributed by atoms with Gasteiger partial charge >= 0.3 is 5.97 Å². The Balaban J connectivity index is 1.87. The predicted octanol–water partition coefficient (Wildman–Crippen LogP) is 3.40. The Bertz CT molecular complexity index is 822. The van der Waals surface area contributed by atoms with Crippen LogP contribution in [0.15, 0.2) is 47.4 Å². The average molecular weight is 359 g/mol. The van der Waals surface area contributed by atoms with Gasteiger partial charge in [-0.2, -0.15) is 0 Å². The Kier molecular flexibility index (Phi) is 4.81. The van der Waals surface area contributed by atoms with Crippen molar-refractivity contribution in [3.8, 4) is 5.75 Å². The molecule has 1 aliphatic rings. The molecule has 1 N–H and O–H groups in total. The summed E-state index contributed by atoms with van der Waals surface area (Å²) in [6, 6.07) is 12.3. The Morgan fingerprint density at radius 1 is 1.20 bits per heavy atom. The summed E-state index contributed by atoms with van der Waals surface area (Å²) in [5, 5.41) is 2.68. The number of aryl methyl sites for hydroxylation is 2. The van der Waals surface area contributed by atoms with Crippen molar-refractivity contribution in [3.05, 3.63) is 59.4 Å². The summed E-state index contributed by atoms with van der Waals surface area (Å²) >= 11 is 1.27. The number of carbonyl (C=O) groups excluding carboxylic acids is 2. The van der Waals surface area contributed by atoms with E-state index in [-0.39, 0.29) is 24.6 Å². The first-order valence-electron chi connectivity index (χ1n) is 7.89. The standard InChI is InChI=1S/C19H18FNO3S/c1-12-6-8-14(9-7-12)25-19(10-16(22)21-11-19)18(23)24-15-5-3-4-13(2)17(15)20/h3-9H,10-11H2,1-2H3,(H,21,22). The van der Waals surface area contributed by atoms with E-state index in [4.69, 9.17) is 4.74 Å². The van der Waals surface area contributed by atoms with Crippen molar-refractivity contribution in [2.24, 2.45) is 0 Å². The lowest BCUT2D eigenvalue weighted by atomic mass is 10.1. The minimum absolute atomic E-state index is 0.00217. The van der Waals surface area contributed by atoms with Crippen molar-refractivity contribution in [2.75, 3.05) is 6.54 Å². The number of hydrogen-bond acceptors (Lipinski definition) is 4. The maximum absolute atomic E-state index is 14.2. The fourth-order valence-corrected chi connectivity index (χ4v) is 3.80. The van der Waals surface area contributed by atoms with Crippen LogP contribution >= 0.6 is 11.8 Å². The molecule has 0 radical (unpaired) electrons. The lowest BCUT2D eigenvalue weighted by Gasteiger charge is -2.24. The lowest BCUT2D eigenvalue weighted by Crippen LogP contribution is -2.40. The second kappa shape index (κ2) is 6.88. The maximum Gasteiger partial charge on any atom is 0.330 e. The summed E-state index contributed by atoms with van der Waals surface area (Å²) < 4.78 is 18.4. The van der Waals surface area contributed by atoms with Gasteiger partial charge in [0, 0.05) is 11.4 Å².